The highest BCUT2D eigenvalue weighted by molar-refractivity contribution is 6.31. The van der Waals surface area contributed by atoms with Crippen LogP contribution >= 0.6 is 11.6 Å². The van der Waals surface area contributed by atoms with Crippen molar-refractivity contribution < 1.29 is 13.9 Å². The molecule has 1 N–H and O–H groups in total. The zero-order valence-corrected chi connectivity index (χ0v) is 17.5. The summed E-state index contributed by atoms with van der Waals surface area (Å²) >= 11 is 6.09. The lowest BCUT2D eigenvalue weighted by Crippen LogP contribution is -2.37. The molecular weight excluding hydrogens is 388 g/mol. The van der Waals surface area contributed by atoms with Gasteiger partial charge in [-0.2, -0.15) is 0 Å². The molecule has 1 atom stereocenters. The van der Waals surface area contributed by atoms with Gasteiger partial charge >= 0.3 is 0 Å². The van der Waals surface area contributed by atoms with Crippen molar-refractivity contribution in [3.05, 3.63) is 64.4 Å². The minimum absolute atomic E-state index is 0.0525. The van der Waals surface area contributed by atoms with Gasteiger partial charge in [0.05, 0.1) is 13.2 Å². The van der Waals surface area contributed by atoms with Crippen LogP contribution in [0.3, 0.4) is 0 Å². The van der Waals surface area contributed by atoms with Crippen LogP contribution in [0.2, 0.25) is 5.02 Å². The topological polar surface area (TPSA) is 54.7 Å². The molecule has 1 aliphatic heterocycles. The highest BCUT2D eigenvalue weighted by atomic mass is 35.5. The van der Waals surface area contributed by atoms with E-state index in [1.165, 1.54) is 12.8 Å². The number of halogens is 1. The summed E-state index contributed by atoms with van der Waals surface area (Å²) in [6, 6.07) is 13.4. The Kier molecular flexibility index (Phi) is 5.79. The van der Waals surface area contributed by atoms with Crippen LogP contribution in [-0.2, 0) is 0 Å². The average Bonchev–Trinajstić information content (AvgIpc) is 3.37. The summed E-state index contributed by atoms with van der Waals surface area (Å²) in [4.78, 5) is 15.3. The fourth-order valence-electron chi connectivity index (χ4n) is 4.11. The highest BCUT2D eigenvalue weighted by Gasteiger charge is 2.27. The Hall–Kier alpha value is -2.50. The fraction of sp³-hybridized carbons (Fsp3) is 0.348. The van der Waals surface area contributed by atoms with E-state index in [9.17, 15) is 4.79 Å². The summed E-state index contributed by atoms with van der Waals surface area (Å²) in [5.74, 6) is 0.963. The number of nitrogens with zero attached hydrogens (tertiary/aromatic N) is 1. The van der Waals surface area contributed by atoms with Crippen LogP contribution in [0.15, 0.2) is 46.9 Å². The summed E-state index contributed by atoms with van der Waals surface area (Å²) < 4.78 is 11.4. The Balaban J connectivity index is 1.57. The molecule has 2 aromatic carbocycles. The zero-order valence-electron chi connectivity index (χ0n) is 16.7. The molecule has 1 unspecified atom stereocenters. The second-order valence-electron chi connectivity index (χ2n) is 7.41. The van der Waals surface area contributed by atoms with Crippen molar-refractivity contribution >= 4 is 28.5 Å². The van der Waals surface area contributed by atoms with E-state index in [0.717, 1.165) is 35.4 Å². The van der Waals surface area contributed by atoms with Gasteiger partial charge < -0.3 is 14.5 Å². The number of para-hydroxylation sites is 1. The summed E-state index contributed by atoms with van der Waals surface area (Å²) in [6.45, 7) is 4.40. The van der Waals surface area contributed by atoms with Crippen LogP contribution < -0.4 is 10.1 Å². The number of carbonyl (C=O) groups is 1. The third-order valence-corrected chi connectivity index (χ3v) is 5.87. The highest BCUT2D eigenvalue weighted by Crippen LogP contribution is 2.32. The van der Waals surface area contributed by atoms with E-state index in [1.807, 2.05) is 31.2 Å². The first-order valence-electron chi connectivity index (χ1n) is 9.92. The lowest BCUT2D eigenvalue weighted by Gasteiger charge is -2.29. The first kappa shape index (κ1) is 19.8. The maximum Gasteiger partial charge on any atom is 0.287 e. The summed E-state index contributed by atoms with van der Waals surface area (Å²) in [6.07, 6.45) is 2.34. The van der Waals surface area contributed by atoms with Gasteiger partial charge in [0.25, 0.3) is 5.91 Å². The molecule has 3 aromatic rings. The van der Waals surface area contributed by atoms with Crippen molar-refractivity contribution in [3.63, 3.8) is 0 Å². The van der Waals surface area contributed by atoms with E-state index in [1.54, 1.807) is 19.2 Å². The van der Waals surface area contributed by atoms with Crippen molar-refractivity contribution in [2.75, 3.05) is 26.7 Å². The number of methoxy groups -OCH3 is 1. The molecule has 0 saturated carbocycles. The molecule has 0 radical (unpaired) electrons. The Morgan fingerprint density at radius 3 is 2.76 bits per heavy atom. The van der Waals surface area contributed by atoms with E-state index in [4.69, 9.17) is 20.8 Å². The number of furan rings is 1. The summed E-state index contributed by atoms with van der Waals surface area (Å²) in [5.41, 5.74) is 2.55. The molecule has 2 heterocycles. The Morgan fingerprint density at radius 1 is 1.24 bits per heavy atom. The Labute approximate surface area is 175 Å². The van der Waals surface area contributed by atoms with E-state index in [2.05, 4.69) is 16.3 Å². The normalized spacial score (nSPS) is 15.6. The molecule has 1 amide bonds. The van der Waals surface area contributed by atoms with E-state index in [0.29, 0.717) is 22.9 Å². The van der Waals surface area contributed by atoms with Crippen LogP contribution in [0, 0.1) is 6.92 Å². The minimum Gasteiger partial charge on any atom is -0.496 e. The molecule has 6 heteroatoms. The Bertz CT molecular complexity index is 1020. The first-order valence-corrected chi connectivity index (χ1v) is 10.3. The monoisotopic (exact) mass is 412 g/mol. The molecule has 1 fully saturated rings. The van der Waals surface area contributed by atoms with Gasteiger partial charge in [0, 0.05) is 28.1 Å². The number of benzene rings is 2. The summed E-state index contributed by atoms with van der Waals surface area (Å²) in [7, 11) is 1.68. The number of hydrogen-bond acceptors (Lipinski definition) is 4. The van der Waals surface area contributed by atoms with Crippen molar-refractivity contribution in [3.8, 4) is 5.75 Å². The number of amides is 1. The molecule has 0 bridgehead atoms. The average molecular weight is 413 g/mol. The van der Waals surface area contributed by atoms with Gasteiger partial charge in [-0.1, -0.05) is 29.8 Å². The SMILES string of the molecule is COc1ccccc1C(CNC(=O)c1oc2ccc(Cl)cc2c1C)N1CCCC1. The molecular formula is C23H25ClN2O3. The molecule has 1 aliphatic rings. The smallest absolute Gasteiger partial charge is 0.287 e. The van der Waals surface area contributed by atoms with E-state index in [-0.39, 0.29) is 11.9 Å². The van der Waals surface area contributed by atoms with Crippen molar-refractivity contribution in [2.24, 2.45) is 0 Å². The van der Waals surface area contributed by atoms with Gasteiger partial charge in [-0.15, -0.1) is 0 Å². The molecule has 29 heavy (non-hydrogen) atoms. The molecule has 1 saturated heterocycles. The lowest BCUT2D eigenvalue weighted by molar-refractivity contribution is 0.0911. The predicted molar refractivity (Wildman–Crippen MR) is 115 cm³/mol. The minimum atomic E-state index is -0.214. The van der Waals surface area contributed by atoms with Crippen LogP contribution in [0.4, 0.5) is 0 Å². The van der Waals surface area contributed by atoms with E-state index < -0.39 is 0 Å². The standard InChI is InChI=1S/C23H25ClN2O3/c1-15-18-13-16(24)9-10-21(18)29-22(15)23(27)25-14-19(26-11-5-6-12-26)17-7-3-4-8-20(17)28-2/h3-4,7-10,13,19H,5-6,11-12,14H2,1-2H3,(H,25,27). The van der Waals surface area contributed by atoms with Crippen molar-refractivity contribution in [1.82, 2.24) is 10.2 Å². The molecule has 4 rings (SSSR count). The van der Waals surface area contributed by atoms with Crippen LogP contribution in [-0.4, -0.2) is 37.6 Å². The quantitative estimate of drug-likeness (QED) is 0.621. The number of hydrogen-bond donors (Lipinski definition) is 1. The number of nitrogens with one attached hydrogen (secondary N) is 1. The van der Waals surface area contributed by atoms with Gasteiger partial charge in [-0.05, 0) is 57.1 Å². The molecule has 0 spiro atoms. The summed E-state index contributed by atoms with van der Waals surface area (Å²) in [5, 5.41) is 4.57. The number of likely N-dealkylation sites (tertiary alicyclic amines) is 1. The number of aryl methyl sites for hydroxylation is 1. The third-order valence-electron chi connectivity index (χ3n) is 5.64. The maximum absolute atomic E-state index is 12.9. The second-order valence-corrected chi connectivity index (χ2v) is 7.84. The second kappa shape index (κ2) is 8.47. The van der Waals surface area contributed by atoms with Crippen molar-refractivity contribution in [2.45, 2.75) is 25.8 Å². The third kappa shape index (κ3) is 3.98. The van der Waals surface area contributed by atoms with E-state index >= 15 is 0 Å². The maximum atomic E-state index is 12.9. The number of rotatable bonds is 6. The molecule has 5 nitrogen and oxygen atoms in total. The number of ether oxygens (including phenoxy) is 1. The molecule has 152 valence electrons. The van der Waals surface area contributed by atoms with Gasteiger partial charge in [0.2, 0.25) is 0 Å². The Morgan fingerprint density at radius 2 is 2.00 bits per heavy atom. The largest absolute Gasteiger partial charge is 0.496 e. The molecule has 0 aliphatic carbocycles. The molecule has 1 aromatic heterocycles. The number of fused-ring (bicyclic) bond motifs is 1. The van der Waals surface area contributed by atoms with Gasteiger partial charge in [0.1, 0.15) is 11.3 Å². The number of carbonyl (C=O) groups excluding carboxylic acids is 1. The first-order chi connectivity index (χ1) is 14.1. The van der Waals surface area contributed by atoms with Gasteiger partial charge in [0.15, 0.2) is 5.76 Å². The van der Waals surface area contributed by atoms with Gasteiger partial charge in [-0.25, -0.2) is 0 Å². The predicted octanol–water partition coefficient (Wildman–Crippen LogP) is 4.97. The lowest BCUT2D eigenvalue weighted by atomic mass is 10.0. The van der Waals surface area contributed by atoms with Crippen molar-refractivity contribution in [1.29, 1.82) is 0 Å². The van der Waals surface area contributed by atoms with Crippen LogP contribution in [0.1, 0.15) is 40.6 Å². The van der Waals surface area contributed by atoms with Gasteiger partial charge in [-0.3, -0.25) is 9.69 Å². The van der Waals surface area contributed by atoms with Crippen LogP contribution in [0.5, 0.6) is 5.75 Å². The van der Waals surface area contributed by atoms with Crippen LogP contribution in [0.25, 0.3) is 11.0 Å². The fourth-order valence-corrected chi connectivity index (χ4v) is 4.28. The zero-order chi connectivity index (χ0) is 20.4.